The number of rotatable bonds is 29. The van der Waals surface area contributed by atoms with E-state index in [-0.39, 0.29) is 6.29 Å². The molecule has 0 aromatic carbocycles. The lowest BCUT2D eigenvalue weighted by Gasteiger charge is -2.22. The molecule has 1 atom stereocenters. The average molecular weight is 537 g/mol. The zero-order chi connectivity index (χ0) is 28.3. The summed E-state index contributed by atoms with van der Waals surface area (Å²) in [4.78, 5) is 0. The largest absolute Gasteiger partial charge is 0.353 e. The molecule has 228 valence electrons. The Balaban J connectivity index is 3.99. The maximum Gasteiger partial charge on any atom is 0.157 e. The summed E-state index contributed by atoms with van der Waals surface area (Å²) in [6.07, 6.45) is 30.3. The molecule has 0 saturated carbocycles. The van der Waals surface area contributed by atoms with Gasteiger partial charge in [0.25, 0.3) is 0 Å². The molecule has 0 aliphatic heterocycles. The maximum absolute atomic E-state index is 6.28. The monoisotopic (exact) mass is 537 g/mol. The average Bonchev–Trinajstić information content (AvgIpc) is 2.84. The maximum atomic E-state index is 6.28. The Morgan fingerprint density at radius 2 is 0.868 bits per heavy atom. The molecule has 0 rings (SSSR count). The minimum absolute atomic E-state index is 0.0152. The van der Waals surface area contributed by atoms with Crippen molar-refractivity contribution in [1.82, 2.24) is 0 Å². The van der Waals surface area contributed by atoms with Crippen molar-refractivity contribution < 1.29 is 9.47 Å². The van der Waals surface area contributed by atoms with Gasteiger partial charge in [-0.1, -0.05) is 149 Å². The Labute approximate surface area is 241 Å². The van der Waals surface area contributed by atoms with Crippen molar-refractivity contribution in [3.8, 4) is 0 Å². The van der Waals surface area contributed by atoms with Gasteiger partial charge in [0, 0.05) is 19.6 Å². The highest BCUT2D eigenvalue weighted by atomic mass is 16.7. The molecule has 0 N–H and O–H groups in total. The third-order valence-electron chi connectivity index (χ3n) is 7.77. The van der Waals surface area contributed by atoms with Gasteiger partial charge in [-0.15, -0.1) is 0 Å². The van der Waals surface area contributed by atoms with Crippen molar-refractivity contribution in [2.75, 3.05) is 13.2 Å². The van der Waals surface area contributed by atoms with E-state index in [1.54, 1.807) is 0 Å². The van der Waals surface area contributed by atoms with Crippen molar-refractivity contribution in [3.05, 3.63) is 11.6 Å². The standard InChI is InChI=1S/C36H72O2/c1-32(2)25-20-16-12-8-10-14-18-22-29-37-36(31-35(7)28-24-27-34(5)6)38-30-23-19-15-11-9-13-17-21-26-33(3)4/h27,32-33,35-36H,8-26,28-31H2,1-7H3. The van der Waals surface area contributed by atoms with Crippen molar-refractivity contribution >= 4 is 0 Å². The Bertz CT molecular complexity index is 462. The molecule has 1 unspecified atom stereocenters. The molecular weight excluding hydrogens is 464 g/mol. The van der Waals surface area contributed by atoms with Gasteiger partial charge in [-0.05, 0) is 57.3 Å². The fourth-order valence-electron chi connectivity index (χ4n) is 5.15. The van der Waals surface area contributed by atoms with Crippen LogP contribution in [-0.4, -0.2) is 19.5 Å². The van der Waals surface area contributed by atoms with Crippen LogP contribution in [0.5, 0.6) is 0 Å². The van der Waals surface area contributed by atoms with Gasteiger partial charge in [0.1, 0.15) is 0 Å². The molecule has 0 spiro atoms. The second-order valence-corrected chi connectivity index (χ2v) is 13.4. The summed E-state index contributed by atoms with van der Waals surface area (Å²) in [5.41, 5.74) is 1.42. The lowest BCUT2D eigenvalue weighted by atomic mass is 10.0. The van der Waals surface area contributed by atoms with Gasteiger partial charge in [0.2, 0.25) is 0 Å². The summed E-state index contributed by atoms with van der Waals surface area (Å²) < 4.78 is 12.6. The second kappa shape index (κ2) is 28.2. The molecule has 2 nitrogen and oxygen atoms in total. The van der Waals surface area contributed by atoms with E-state index in [1.165, 1.54) is 134 Å². The zero-order valence-corrected chi connectivity index (χ0v) is 27.5. The molecule has 2 heteroatoms. The third kappa shape index (κ3) is 30.2. The van der Waals surface area contributed by atoms with Crippen molar-refractivity contribution in [3.63, 3.8) is 0 Å². The van der Waals surface area contributed by atoms with E-state index in [4.69, 9.17) is 9.47 Å². The lowest BCUT2D eigenvalue weighted by molar-refractivity contribution is -0.153. The molecule has 38 heavy (non-hydrogen) atoms. The number of hydrogen-bond donors (Lipinski definition) is 0. The lowest BCUT2D eigenvalue weighted by Crippen LogP contribution is -2.21. The van der Waals surface area contributed by atoms with Crippen LogP contribution in [0.1, 0.15) is 183 Å². The highest BCUT2D eigenvalue weighted by Gasteiger charge is 2.14. The third-order valence-corrected chi connectivity index (χ3v) is 7.77. The first kappa shape index (κ1) is 37.7. The van der Waals surface area contributed by atoms with Crippen LogP contribution in [0.4, 0.5) is 0 Å². The van der Waals surface area contributed by atoms with E-state index in [2.05, 4.69) is 54.5 Å². The molecule has 0 fully saturated rings. The Morgan fingerprint density at radius 1 is 0.500 bits per heavy atom. The predicted octanol–water partition coefficient (Wildman–Crippen LogP) is 12.5. The van der Waals surface area contributed by atoms with Gasteiger partial charge in [0.05, 0.1) is 0 Å². The fourth-order valence-corrected chi connectivity index (χ4v) is 5.15. The van der Waals surface area contributed by atoms with Gasteiger partial charge in [-0.25, -0.2) is 0 Å². The highest BCUT2D eigenvalue weighted by molar-refractivity contribution is 4.92. The van der Waals surface area contributed by atoms with Gasteiger partial charge in [0.15, 0.2) is 6.29 Å². The van der Waals surface area contributed by atoms with E-state index >= 15 is 0 Å². The van der Waals surface area contributed by atoms with Crippen LogP contribution in [0.3, 0.4) is 0 Å². The van der Waals surface area contributed by atoms with Crippen LogP contribution in [0.2, 0.25) is 0 Å². The van der Waals surface area contributed by atoms with Crippen molar-refractivity contribution in [2.45, 2.75) is 190 Å². The van der Waals surface area contributed by atoms with Gasteiger partial charge in [-0.2, -0.15) is 0 Å². The van der Waals surface area contributed by atoms with Gasteiger partial charge in [-0.3, -0.25) is 0 Å². The molecule has 0 bridgehead atoms. The number of hydrogen-bond acceptors (Lipinski definition) is 2. The second-order valence-electron chi connectivity index (χ2n) is 13.4. The molecular formula is C36H72O2. The molecule has 0 aromatic rings. The van der Waals surface area contributed by atoms with Crippen LogP contribution in [0.15, 0.2) is 11.6 Å². The van der Waals surface area contributed by atoms with Gasteiger partial charge >= 0.3 is 0 Å². The minimum Gasteiger partial charge on any atom is -0.353 e. The van der Waals surface area contributed by atoms with Crippen LogP contribution >= 0.6 is 0 Å². The van der Waals surface area contributed by atoms with Crippen molar-refractivity contribution in [1.29, 1.82) is 0 Å². The number of unbranched alkanes of at least 4 members (excludes halogenated alkanes) is 14. The van der Waals surface area contributed by atoms with E-state index in [0.717, 1.165) is 31.5 Å². The number of allylic oxidation sites excluding steroid dienone is 2. The predicted molar refractivity (Wildman–Crippen MR) is 171 cm³/mol. The van der Waals surface area contributed by atoms with E-state index < -0.39 is 0 Å². The van der Waals surface area contributed by atoms with Crippen LogP contribution in [0.25, 0.3) is 0 Å². The van der Waals surface area contributed by atoms with Crippen LogP contribution in [0, 0.1) is 17.8 Å². The quantitative estimate of drug-likeness (QED) is 0.0537. The molecule has 0 saturated heterocycles. The van der Waals surface area contributed by atoms with E-state index in [0.29, 0.717) is 5.92 Å². The topological polar surface area (TPSA) is 18.5 Å². The summed E-state index contributed by atoms with van der Waals surface area (Å²) in [6, 6.07) is 0. The zero-order valence-electron chi connectivity index (χ0n) is 27.5. The Morgan fingerprint density at radius 3 is 1.24 bits per heavy atom. The number of ether oxygens (including phenoxy) is 2. The summed E-state index contributed by atoms with van der Waals surface area (Å²) >= 11 is 0. The molecule has 0 heterocycles. The molecule has 0 amide bonds. The first-order valence-electron chi connectivity index (χ1n) is 17.2. The molecule has 0 aliphatic carbocycles. The highest BCUT2D eigenvalue weighted by Crippen LogP contribution is 2.19. The Kier molecular flexibility index (Phi) is 27.9. The van der Waals surface area contributed by atoms with E-state index in [9.17, 15) is 0 Å². The molecule has 0 aromatic heterocycles. The summed E-state index contributed by atoms with van der Waals surface area (Å²) in [6.45, 7) is 17.8. The summed E-state index contributed by atoms with van der Waals surface area (Å²) in [5, 5.41) is 0. The molecule has 0 radical (unpaired) electrons. The minimum atomic E-state index is -0.0152. The normalized spacial score (nSPS) is 12.7. The fraction of sp³-hybridized carbons (Fsp3) is 0.944. The van der Waals surface area contributed by atoms with Crippen molar-refractivity contribution in [2.24, 2.45) is 17.8 Å². The van der Waals surface area contributed by atoms with E-state index in [1.807, 2.05) is 0 Å². The molecule has 0 aliphatic rings. The van der Waals surface area contributed by atoms with Gasteiger partial charge < -0.3 is 9.47 Å². The van der Waals surface area contributed by atoms with Crippen LogP contribution < -0.4 is 0 Å². The summed E-state index contributed by atoms with van der Waals surface area (Å²) in [7, 11) is 0. The summed E-state index contributed by atoms with van der Waals surface area (Å²) in [5.74, 6) is 2.37. The Hall–Kier alpha value is -0.340. The first-order chi connectivity index (χ1) is 18.3. The first-order valence-corrected chi connectivity index (χ1v) is 17.2. The SMILES string of the molecule is CC(C)=CCCC(C)CC(OCCCCCCCCCCC(C)C)OCCCCCCCCCCC(C)C. The smallest absolute Gasteiger partial charge is 0.157 e. The van der Waals surface area contributed by atoms with Crippen LogP contribution in [-0.2, 0) is 9.47 Å².